The highest BCUT2D eigenvalue weighted by atomic mass is 19.3. The Balaban J connectivity index is 1.41. The minimum atomic E-state index is -2.86. The maximum absolute atomic E-state index is 13.1. The Morgan fingerprint density at radius 2 is 2.00 bits per heavy atom. The van der Waals surface area contributed by atoms with Gasteiger partial charge in [0.25, 0.3) is 5.91 Å². The van der Waals surface area contributed by atoms with E-state index >= 15 is 0 Å². The van der Waals surface area contributed by atoms with Crippen LogP contribution in [0.2, 0.25) is 0 Å². The second-order valence-corrected chi connectivity index (χ2v) is 9.35. The molecule has 10 nitrogen and oxygen atoms in total. The quantitative estimate of drug-likeness (QED) is 0.336. The zero-order valence-electron chi connectivity index (χ0n) is 19.5. The molecule has 1 saturated heterocycles. The fourth-order valence-corrected chi connectivity index (χ4v) is 4.38. The molecule has 0 radical (unpaired) electrons. The van der Waals surface area contributed by atoms with E-state index in [1.54, 1.807) is 6.21 Å². The first-order valence-electron chi connectivity index (χ1n) is 12.2. The van der Waals surface area contributed by atoms with Crippen molar-refractivity contribution in [1.29, 1.82) is 0 Å². The highest BCUT2D eigenvalue weighted by Gasteiger charge is 2.37. The van der Waals surface area contributed by atoms with E-state index in [0.717, 1.165) is 25.7 Å². The smallest absolute Gasteiger partial charge is 0.345 e. The molecule has 2 heterocycles. The van der Waals surface area contributed by atoms with Crippen LogP contribution < -0.4 is 10.6 Å². The standard InChI is InChI=1S/C23H32F2N6O4/c24-22(25)35-10-8-26-23-28-12-18(19(30-23)27-11-14-1-5-17(32)6-2-14)20(33)29-16-7-9-31(13-16)21(34)15-3-4-15/h11-12,14-17,22,32H,1-10,13H2,(H,29,33)(H,26,28,30)/b27-11+/t14?,16-,17?/m0/s1. The van der Waals surface area contributed by atoms with Crippen LogP contribution in [0.1, 0.15) is 55.3 Å². The van der Waals surface area contributed by atoms with Crippen molar-refractivity contribution in [2.24, 2.45) is 16.8 Å². The molecule has 1 aromatic heterocycles. The van der Waals surface area contributed by atoms with Crippen LogP contribution >= 0.6 is 0 Å². The number of carbonyl (C=O) groups is 2. The summed E-state index contributed by atoms with van der Waals surface area (Å²) in [6.45, 7) is -1.92. The number of hydrogen-bond acceptors (Lipinski definition) is 8. The molecule has 0 spiro atoms. The number of hydrogen-bond donors (Lipinski definition) is 3. The predicted octanol–water partition coefficient (Wildman–Crippen LogP) is 2.12. The first kappa shape index (κ1) is 25.4. The minimum absolute atomic E-state index is 0.0620. The van der Waals surface area contributed by atoms with Gasteiger partial charge in [-0.1, -0.05) is 0 Å². The van der Waals surface area contributed by atoms with Crippen molar-refractivity contribution in [3.63, 3.8) is 0 Å². The van der Waals surface area contributed by atoms with Gasteiger partial charge in [0.05, 0.1) is 12.7 Å². The highest BCUT2D eigenvalue weighted by Crippen LogP contribution is 2.32. The van der Waals surface area contributed by atoms with Crippen LogP contribution in [0.5, 0.6) is 0 Å². The molecule has 1 atom stereocenters. The molecule has 4 rings (SSSR count). The molecule has 0 aromatic carbocycles. The summed E-state index contributed by atoms with van der Waals surface area (Å²) in [4.78, 5) is 40.1. The maximum atomic E-state index is 13.1. The number of aliphatic hydroxyl groups excluding tert-OH is 1. The average molecular weight is 495 g/mol. The number of ether oxygens (including phenoxy) is 1. The van der Waals surface area contributed by atoms with Gasteiger partial charge in [0.2, 0.25) is 11.9 Å². The third kappa shape index (κ3) is 7.38. The zero-order chi connectivity index (χ0) is 24.8. The third-order valence-corrected chi connectivity index (χ3v) is 6.55. The van der Waals surface area contributed by atoms with Crippen molar-refractivity contribution in [3.8, 4) is 0 Å². The topological polar surface area (TPSA) is 129 Å². The summed E-state index contributed by atoms with van der Waals surface area (Å²) in [5, 5.41) is 15.5. The summed E-state index contributed by atoms with van der Waals surface area (Å²) in [5.41, 5.74) is 0.193. The lowest BCUT2D eigenvalue weighted by atomic mass is 9.88. The lowest BCUT2D eigenvalue weighted by molar-refractivity contribution is -0.131. The zero-order valence-corrected chi connectivity index (χ0v) is 19.5. The van der Waals surface area contributed by atoms with Crippen molar-refractivity contribution in [3.05, 3.63) is 11.8 Å². The van der Waals surface area contributed by atoms with Crippen LogP contribution in [0.3, 0.4) is 0 Å². The number of likely N-dealkylation sites (tertiary alicyclic amines) is 1. The van der Waals surface area contributed by atoms with Gasteiger partial charge in [-0.05, 0) is 50.9 Å². The monoisotopic (exact) mass is 494 g/mol. The van der Waals surface area contributed by atoms with Crippen molar-refractivity contribution in [2.75, 3.05) is 31.6 Å². The van der Waals surface area contributed by atoms with Crippen LogP contribution in [0.15, 0.2) is 11.2 Å². The predicted molar refractivity (Wildman–Crippen MR) is 124 cm³/mol. The number of rotatable bonds is 10. The van der Waals surface area contributed by atoms with Gasteiger partial charge < -0.3 is 25.4 Å². The number of nitrogens with zero attached hydrogens (tertiary/aromatic N) is 4. The Bertz CT molecular complexity index is 921. The Labute approximate surface area is 202 Å². The number of alkyl halides is 2. The summed E-state index contributed by atoms with van der Waals surface area (Å²) < 4.78 is 28.5. The van der Waals surface area contributed by atoms with Gasteiger partial charge in [0, 0.05) is 44.0 Å². The minimum Gasteiger partial charge on any atom is -0.393 e. The summed E-state index contributed by atoms with van der Waals surface area (Å²) in [6.07, 6.45) is 8.37. The van der Waals surface area contributed by atoms with Gasteiger partial charge in [0.15, 0.2) is 5.82 Å². The fraction of sp³-hybridized carbons (Fsp3) is 0.696. The fourth-order valence-electron chi connectivity index (χ4n) is 4.38. The van der Waals surface area contributed by atoms with E-state index in [0.29, 0.717) is 32.4 Å². The van der Waals surface area contributed by atoms with Crippen LogP contribution in [0.4, 0.5) is 20.5 Å². The van der Waals surface area contributed by atoms with E-state index in [1.807, 2.05) is 4.90 Å². The van der Waals surface area contributed by atoms with E-state index in [-0.39, 0.29) is 66.3 Å². The SMILES string of the molecule is O=C(N[C@H]1CCN(C(=O)C2CC2)C1)c1cnc(NCCOC(F)F)nc1/N=C/C1CCC(O)CC1. The first-order valence-corrected chi connectivity index (χ1v) is 12.2. The number of anilines is 1. The lowest BCUT2D eigenvalue weighted by Gasteiger charge is -2.22. The number of aliphatic imine (C=N–C) groups is 1. The summed E-state index contributed by atoms with van der Waals surface area (Å²) in [7, 11) is 0. The maximum Gasteiger partial charge on any atom is 0.345 e. The van der Waals surface area contributed by atoms with E-state index in [1.165, 1.54) is 6.20 Å². The normalized spacial score (nSPS) is 24.8. The van der Waals surface area contributed by atoms with Crippen LogP contribution in [0, 0.1) is 11.8 Å². The molecule has 3 fully saturated rings. The van der Waals surface area contributed by atoms with Gasteiger partial charge in [-0.15, -0.1) is 0 Å². The van der Waals surface area contributed by atoms with Gasteiger partial charge in [-0.25, -0.2) is 9.98 Å². The molecule has 1 aliphatic heterocycles. The molecule has 3 N–H and O–H groups in total. The van der Waals surface area contributed by atoms with Gasteiger partial charge in [-0.2, -0.15) is 13.8 Å². The lowest BCUT2D eigenvalue weighted by Crippen LogP contribution is -2.39. The Kier molecular flexibility index (Phi) is 8.55. The number of aromatic nitrogens is 2. The third-order valence-electron chi connectivity index (χ3n) is 6.55. The average Bonchev–Trinajstić information content (AvgIpc) is 3.59. The molecule has 35 heavy (non-hydrogen) atoms. The van der Waals surface area contributed by atoms with Crippen LogP contribution in [-0.4, -0.2) is 83.0 Å². The largest absolute Gasteiger partial charge is 0.393 e. The molecule has 12 heteroatoms. The Hall–Kier alpha value is -2.73. The van der Waals surface area contributed by atoms with E-state index < -0.39 is 6.61 Å². The molecule has 0 bridgehead atoms. The Morgan fingerprint density at radius 1 is 1.23 bits per heavy atom. The van der Waals surface area contributed by atoms with Gasteiger partial charge in [0.1, 0.15) is 5.56 Å². The molecular weight excluding hydrogens is 462 g/mol. The number of amides is 2. The summed E-state index contributed by atoms with van der Waals surface area (Å²) >= 11 is 0. The summed E-state index contributed by atoms with van der Waals surface area (Å²) in [6, 6.07) is -0.161. The molecule has 2 amide bonds. The molecule has 2 saturated carbocycles. The second-order valence-electron chi connectivity index (χ2n) is 9.35. The first-order chi connectivity index (χ1) is 16.9. The van der Waals surface area contributed by atoms with Crippen molar-refractivity contribution in [2.45, 2.75) is 63.7 Å². The van der Waals surface area contributed by atoms with Gasteiger partial charge in [-0.3, -0.25) is 9.59 Å². The molecule has 0 unspecified atom stereocenters. The Morgan fingerprint density at radius 3 is 2.71 bits per heavy atom. The molecule has 2 aliphatic carbocycles. The molecule has 192 valence electrons. The highest BCUT2D eigenvalue weighted by molar-refractivity contribution is 5.98. The number of halogens is 2. The van der Waals surface area contributed by atoms with Crippen LogP contribution in [0.25, 0.3) is 0 Å². The number of nitrogens with one attached hydrogen (secondary N) is 2. The van der Waals surface area contributed by atoms with E-state index in [4.69, 9.17) is 0 Å². The van der Waals surface area contributed by atoms with Crippen molar-refractivity contribution < 1.29 is 28.2 Å². The number of aliphatic hydroxyl groups is 1. The van der Waals surface area contributed by atoms with Gasteiger partial charge >= 0.3 is 6.61 Å². The summed E-state index contributed by atoms with van der Waals surface area (Å²) in [5.74, 6) is 0.411. The van der Waals surface area contributed by atoms with Crippen molar-refractivity contribution >= 4 is 29.8 Å². The molecule has 1 aromatic rings. The number of carbonyl (C=O) groups excluding carboxylic acids is 2. The van der Waals surface area contributed by atoms with E-state index in [2.05, 4.69) is 30.3 Å². The second kappa shape index (κ2) is 11.8. The molecule has 3 aliphatic rings. The van der Waals surface area contributed by atoms with E-state index in [9.17, 15) is 23.5 Å². The van der Waals surface area contributed by atoms with Crippen molar-refractivity contribution in [1.82, 2.24) is 20.2 Å². The molecular formula is C23H32F2N6O4. The van der Waals surface area contributed by atoms with Crippen LogP contribution in [-0.2, 0) is 9.53 Å².